The molecule has 0 radical (unpaired) electrons. The van der Waals surface area contributed by atoms with Gasteiger partial charge in [0.05, 0.1) is 12.6 Å². The van der Waals surface area contributed by atoms with Gasteiger partial charge in [-0.25, -0.2) is 4.98 Å². The van der Waals surface area contributed by atoms with Crippen LogP contribution in [0.4, 0.5) is 0 Å². The molecule has 1 saturated heterocycles. The molecule has 3 aromatic rings. The second-order valence-electron chi connectivity index (χ2n) is 5.60. The molecular weight excluding hydrogens is 294 g/mol. The molecule has 116 valence electrons. The maximum absolute atomic E-state index is 12.2. The molecule has 1 fully saturated rings. The van der Waals surface area contributed by atoms with Crippen LogP contribution in [0.15, 0.2) is 41.5 Å². The van der Waals surface area contributed by atoms with Crippen LogP contribution in [0.5, 0.6) is 0 Å². The predicted molar refractivity (Wildman–Crippen MR) is 82.7 cm³/mol. The van der Waals surface area contributed by atoms with Gasteiger partial charge in [-0.2, -0.15) is 0 Å². The highest BCUT2D eigenvalue weighted by molar-refractivity contribution is 5.88. The molecule has 0 aromatic carbocycles. The Bertz CT molecular complexity index is 839. The number of ketones is 1. The van der Waals surface area contributed by atoms with Gasteiger partial charge in [0.1, 0.15) is 11.8 Å². The summed E-state index contributed by atoms with van der Waals surface area (Å²) in [6, 6.07) is 3.83. The molecule has 0 aliphatic carbocycles. The molecule has 6 heteroatoms. The molecule has 3 aromatic heterocycles. The van der Waals surface area contributed by atoms with Crippen molar-refractivity contribution in [2.45, 2.75) is 25.4 Å². The Labute approximate surface area is 132 Å². The van der Waals surface area contributed by atoms with Gasteiger partial charge in [0.2, 0.25) is 0 Å². The van der Waals surface area contributed by atoms with Crippen molar-refractivity contribution in [3.8, 4) is 11.5 Å². The average Bonchev–Trinajstić information content (AvgIpc) is 3.27. The number of rotatable bonds is 4. The third-order valence-electron chi connectivity index (χ3n) is 3.99. The minimum atomic E-state index is -0.269. The van der Waals surface area contributed by atoms with Crippen molar-refractivity contribution in [1.29, 1.82) is 0 Å². The molecule has 4 heterocycles. The molecule has 6 nitrogen and oxygen atoms in total. The predicted octanol–water partition coefficient (Wildman–Crippen LogP) is 2.58. The zero-order chi connectivity index (χ0) is 15.6. The summed E-state index contributed by atoms with van der Waals surface area (Å²) >= 11 is 0. The van der Waals surface area contributed by atoms with Crippen molar-refractivity contribution in [2.24, 2.45) is 0 Å². The van der Waals surface area contributed by atoms with E-state index < -0.39 is 0 Å². The van der Waals surface area contributed by atoms with Gasteiger partial charge >= 0.3 is 0 Å². The van der Waals surface area contributed by atoms with Gasteiger partial charge in [-0.3, -0.25) is 14.8 Å². The van der Waals surface area contributed by atoms with Gasteiger partial charge in [-0.1, -0.05) is 0 Å². The maximum atomic E-state index is 12.2. The van der Waals surface area contributed by atoms with Gasteiger partial charge in [0.25, 0.3) is 0 Å². The summed E-state index contributed by atoms with van der Waals surface area (Å²) < 4.78 is 10.7. The fourth-order valence-corrected chi connectivity index (χ4v) is 2.78. The third-order valence-corrected chi connectivity index (χ3v) is 3.99. The fraction of sp³-hybridized carbons (Fsp3) is 0.294. The summed E-state index contributed by atoms with van der Waals surface area (Å²) in [7, 11) is 0. The van der Waals surface area contributed by atoms with Crippen LogP contribution < -0.4 is 0 Å². The summed E-state index contributed by atoms with van der Waals surface area (Å²) in [5.74, 6) is 0.708. The van der Waals surface area contributed by atoms with Gasteiger partial charge in [0.15, 0.2) is 17.9 Å². The lowest BCUT2D eigenvalue weighted by Gasteiger charge is -2.08. The highest BCUT2D eigenvalue weighted by atomic mass is 16.5. The molecule has 0 N–H and O–H groups in total. The monoisotopic (exact) mass is 309 g/mol. The van der Waals surface area contributed by atoms with E-state index in [-0.39, 0.29) is 11.9 Å². The SMILES string of the molecule is O=C(Cc1cc2cc(-c3cnco3)ncc2cn1)[C@H]1CCCO1. The minimum absolute atomic E-state index is 0.0962. The molecule has 1 aliphatic rings. The highest BCUT2D eigenvalue weighted by Crippen LogP contribution is 2.22. The first-order chi connectivity index (χ1) is 11.3. The van der Waals surface area contributed by atoms with E-state index in [9.17, 15) is 4.79 Å². The third kappa shape index (κ3) is 2.85. The first kappa shape index (κ1) is 14.0. The number of Topliss-reactive ketones (excluding diaryl/α,β-unsaturated/α-hetero) is 1. The number of carbonyl (C=O) groups is 1. The highest BCUT2D eigenvalue weighted by Gasteiger charge is 2.23. The van der Waals surface area contributed by atoms with E-state index in [1.807, 2.05) is 12.1 Å². The van der Waals surface area contributed by atoms with Crippen molar-refractivity contribution in [2.75, 3.05) is 6.61 Å². The Morgan fingerprint density at radius 2 is 2.09 bits per heavy atom. The summed E-state index contributed by atoms with van der Waals surface area (Å²) in [5, 5.41) is 1.89. The van der Waals surface area contributed by atoms with Gasteiger partial charge < -0.3 is 9.15 Å². The first-order valence-corrected chi connectivity index (χ1v) is 7.57. The van der Waals surface area contributed by atoms with Crippen LogP contribution >= 0.6 is 0 Å². The number of hydrogen-bond acceptors (Lipinski definition) is 6. The number of fused-ring (bicyclic) bond motifs is 1. The second kappa shape index (κ2) is 5.89. The average molecular weight is 309 g/mol. The lowest BCUT2D eigenvalue weighted by atomic mass is 10.1. The van der Waals surface area contributed by atoms with Crippen LogP contribution in [0.25, 0.3) is 22.2 Å². The van der Waals surface area contributed by atoms with E-state index in [0.29, 0.717) is 24.5 Å². The summed E-state index contributed by atoms with van der Waals surface area (Å²) in [6.07, 6.45) is 8.27. The lowest BCUT2D eigenvalue weighted by molar-refractivity contribution is -0.127. The minimum Gasteiger partial charge on any atom is -0.442 e. The standard InChI is InChI=1S/C17H15N3O3/c21-15(16-2-1-3-22-16)6-13-4-11-5-14(17-9-18-10-23-17)20-8-12(11)7-19-13/h4-5,7-10,16H,1-3,6H2/t16-/m1/s1. The molecule has 0 bridgehead atoms. The largest absolute Gasteiger partial charge is 0.442 e. The van der Waals surface area contributed by atoms with Crippen molar-refractivity contribution < 1.29 is 13.9 Å². The number of nitrogens with zero attached hydrogens (tertiary/aromatic N) is 3. The molecule has 4 rings (SSSR count). The maximum Gasteiger partial charge on any atom is 0.181 e. The van der Waals surface area contributed by atoms with Crippen molar-refractivity contribution in [3.05, 3.63) is 42.8 Å². The Hall–Kier alpha value is -2.60. The van der Waals surface area contributed by atoms with Crippen LogP contribution in [0.2, 0.25) is 0 Å². The number of hydrogen-bond donors (Lipinski definition) is 0. The molecular formula is C17H15N3O3. The van der Waals surface area contributed by atoms with E-state index in [0.717, 1.165) is 29.3 Å². The molecule has 23 heavy (non-hydrogen) atoms. The smallest absolute Gasteiger partial charge is 0.181 e. The lowest BCUT2D eigenvalue weighted by Crippen LogP contribution is -2.21. The van der Waals surface area contributed by atoms with E-state index in [1.165, 1.54) is 6.39 Å². The van der Waals surface area contributed by atoms with Crippen LogP contribution in [0.3, 0.4) is 0 Å². The van der Waals surface area contributed by atoms with Crippen LogP contribution in [-0.2, 0) is 16.0 Å². The summed E-state index contributed by atoms with van der Waals surface area (Å²) in [6.45, 7) is 0.674. The number of oxazole rings is 1. The molecule has 0 amide bonds. The summed E-state index contributed by atoms with van der Waals surface area (Å²) in [5.41, 5.74) is 1.45. The molecule has 1 atom stereocenters. The van der Waals surface area contributed by atoms with Crippen LogP contribution in [0.1, 0.15) is 18.5 Å². The molecule has 0 spiro atoms. The topological polar surface area (TPSA) is 78.1 Å². The van der Waals surface area contributed by atoms with Crippen molar-refractivity contribution in [1.82, 2.24) is 15.0 Å². The second-order valence-corrected chi connectivity index (χ2v) is 5.60. The molecule has 1 aliphatic heterocycles. The quantitative estimate of drug-likeness (QED) is 0.737. The van der Waals surface area contributed by atoms with Gasteiger partial charge in [-0.15, -0.1) is 0 Å². The van der Waals surface area contributed by atoms with Gasteiger partial charge in [-0.05, 0) is 30.4 Å². The summed E-state index contributed by atoms with van der Waals surface area (Å²) in [4.78, 5) is 24.8. The Morgan fingerprint density at radius 3 is 2.87 bits per heavy atom. The zero-order valence-electron chi connectivity index (χ0n) is 12.4. The number of pyridine rings is 2. The fourth-order valence-electron chi connectivity index (χ4n) is 2.78. The van der Waals surface area contributed by atoms with Crippen molar-refractivity contribution in [3.63, 3.8) is 0 Å². The van der Waals surface area contributed by atoms with E-state index in [1.54, 1.807) is 18.6 Å². The van der Waals surface area contributed by atoms with E-state index in [4.69, 9.17) is 9.15 Å². The number of carbonyl (C=O) groups excluding carboxylic acids is 1. The molecule has 0 unspecified atom stereocenters. The Balaban J connectivity index is 1.62. The first-order valence-electron chi connectivity index (χ1n) is 7.57. The van der Waals surface area contributed by atoms with Gasteiger partial charge in [0, 0.05) is 30.1 Å². The Morgan fingerprint density at radius 1 is 1.17 bits per heavy atom. The molecule has 0 saturated carbocycles. The number of aromatic nitrogens is 3. The normalized spacial score (nSPS) is 17.7. The van der Waals surface area contributed by atoms with Crippen LogP contribution in [-0.4, -0.2) is 33.4 Å². The van der Waals surface area contributed by atoms with Crippen molar-refractivity contribution >= 4 is 16.6 Å². The van der Waals surface area contributed by atoms with E-state index >= 15 is 0 Å². The Kier molecular flexibility index (Phi) is 3.59. The van der Waals surface area contributed by atoms with E-state index in [2.05, 4.69) is 15.0 Å². The number of ether oxygens (including phenoxy) is 1. The van der Waals surface area contributed by atoms with Crippen LogP contribution in [0, 0.1) is 0 Å². The zero-order valence-corrected chi connectivity index (χ0v) is 12.4.